The van der Waals surface area contributed by atoms with Gasteiger partial charge in [-0.3, -0.25) is 9.59 Å². The average molecular weight is 288 g/mol. The Bertz CT molecular complexity index is 638. The second-order valence-corrected chi connectivity index (χ2v) is 4.76. The first-order valence-corrected chi connectivity index (χ1v) is 6.62. The first kappa shape index (κ1) is 14.9. The van der Waals surface area contributed by atoms with Crippen molar-refractivity contribution >= 4 is 23.5 Å². The molecule has 21 heavy (non-hydrogen) atoms. The lowest BCUT2D eigenvalue weighted by molar-refractivity contribution is -0.152. The minimum absolute atomic E-state index is 0.0284. The predicted molar refractivity (Wildman–Crippen MR) is 76.3 cm³/mol. The molecule has 1 unspecified atom stereocenters. The molecule has 1 aliphatic heterocycles. The van der Waals surface area contributed by atoms with Crippen LogP contribution in [0.3, 0.4) is 0 Å². The molecule has 110 valence electrons. The standard InChI is InChI=1S/C15H16N2O4/c1-4-21-15(20)14(19)16-10-5-6-11-8(2)9(3)13(18)17-12(11)7-10/h5-7,11H,4H2,1-3H3,(H,17,18). The van der Waals surface area contributed by atoms with Crippen LogP contribution in [0.5, 0.6) is 0 Å². The molecule has 1 N–H and O–H groups in total. The van der Waals surface area contributed by atoms with Crippen LogP contribution in [0, 0.1) is 5.92 Å². The first-order valence-electron chi connectivity index (χ1n) is 6.62. The molecule has 2 aliphatic rings. The minimum Gasteiger partial charge on any atom is -0.459 e. The van der Waals surface area contributed by atoms with Crippen LogP contribution in [0.15, 0.2) is 40.1 Å². The number of ether oxygens (including phenoxy) is 1. The fourth-order valence-corrected chi connectivity index (χ4v) is 2.15. The maximum atomic E-state index is 11.8. The van der Waals surface area contributed by atoms with Crippen LogP contribution in [0.1, 0.15) is 20.8 Å². The van der Waals surface area contributed by atoms with E-state index in [-0.39, 0.29) is 18.4 Å². The van der Waals surface area contributed by atoms with E-state index in [9.17, 15) is 14.4 Å². The smallest absolute Gasteiger partial charge is 0.399 e. The van der Waals surface area contributed by atoms with Gasteiger partial charge in [-0.2, -0.15) is 0 Å². The Kier molecular flexibility index (Phi) is 4.16. The number of esters is 1. The SMILES string of the molecule is CCOC(=O)C(=O)N=C1C=CC2C(=C1)NC(=O)C(C)=C2C. The number of hydrogen-bond acceptors (Lipinski definition) is 4. The molecule has 0 spiro atoms. The molecule has 0 saturated heterocycles. The van der Waals surface area contributed by atoms with E-state index in [4.69, 9.17) is 0 Å². The molecule has 6 nitrogen and oxygen atoms in total. The van der Waals surface area contributed by atoms with Crippen LogP contribution in [0.2, 0.25) is 0 Å². The monoisotopic (exact) mass is 288 g/mol. The maximum Gasteiger partial charge on any atom is 0.399 e. The lowest BCUT2D eigenvalue weighted by atomic mass is 9.85. The largest absolute Gasteiger partial charge is 0.459 e. The number of allylic oxidation sites excluding steroid dienone is 3. The summed E-state index contributed by atoms with van der Waals surface area (Å²) in [5, 5.41) is 2.76. The molecule has 0 bridgehead atoms. The molecule has 2 amide bonds. The van der Waals surface area contributed by atoms with Crippen LogP contribution >= 0.6 is 0 Å². The van der Waals surface area contributed by atoms with Gasteiger partial charge in [-0.15, -0.1) is 0 Å². The Labute approximate surface area is 122 Å². The Balaban J connectivity index is 2.24. The molecule has 0 fully saturated rings. The van der Waals surface area contributed by atoms with Crippen LogP contribution in [-0.2, 0) is 19.1 Å². The summed E-state index contributed by atoms with van der Waals surface area (Å²) in [7, 11) is 0. The summed E-state index contributed by atoms with van der Waals surface area (Å²) in [4.78, 5) is 38.2. The van der Waals surface area contributed by atoms with Crippen molar-refractivity contribution in [1.82, 2.24) is 5.32 Å². The molecule has 1 atom stereocenters. The van der Waals surface area contributed by atoms with Crippen molar-refractivity contribution in [2.45, 2.75) is 20.8 Å². The molecule has 1 heterocycles. The highest BCUT2D eigenvalue weighted by Gasteiger charge is 2.27. The van der Waals surface area contributed by atoms with Crippen LogP contribution in [0.4, 0.5) is 0 Å². The molecule has 0 radical (unpaired) electrons. The zero-order valence-corrected chi connectivity index (χ0v) is 12.1. The van der Waals surface area contributed by atoms with Gasteiger partial charge in [0.2, 0.25) is 0 Å². The fraction of sp³-hybridized carbons (Fsp3) is 0.333. The van der Waals surface area contributed by atoms with E-state index in [2.05, 4.69) is 15.0 Å². The molecule has 0 aromatic carbocycles. The molecule has 2 rings (SSSR count). The quantitative estimate of drug-likeness (QED) is 0.577. The maximum absolute atomic E-state index is 11.8. The number of fused-ring (bicyclic) bond motifs is 1. The number of nitrogens with one attached hydrogen (secondary N) is 1. The summed E-state index contributed by atoms with van der Waals surface area (Å²) in [5.74, 6) is -2.14. The lowest BCUT2D eigenvalue weighted by Crippen LogP contribution is -2.35. The van der Waals surface area contributed by atoms with Crippen molar-refractivity contribution in [1.29, 1.82) is 0 Å². The number of aliphatic imine (C=N–C) groups is 1. The highest BCUT2D eigenvalue weighted by atomic mass is 16.5. The summed E-state index contributed by atoms with van der Waals surface area (Å²) < 4.78 is 4.58. The van der Waals surface area contributed by atoms with Gasteiger partial charge in [0.05, 0.1) is 12.3 Å². The Morgan fingerprint density at radius 2 is 2.10 bits per heavy atom. The molecule has 0 aromatic heterocycles. The van der Waals surface area contributed by atoms with Gasteiger partial charge in [-0.05, 0) is 32.9 Å². The Morgan fingerprint density at radius 1 is 1.38 bits per heavy atom. The van der Waals surface area contributed by atoms with Crippen molar-refractivity contribution < 1.29 is 19.1 Å². The van der Waals surface area contributed by atoms with Crippen molar-refractivity contribution in [2.75, 3.05) is 6.61 Å². The Hall–Kier alpha value is -2.50. The van der Waals surface area contributed by atoms with Crippen molar-refractivity contribution in [2.24, 2.45) is 10.9 Å². The Morgan fingerprint density at radius 3 is 2.76 bits per heavy atom. The second-order valence-electron chi connectivity index (χ2n) is 4.76. The number of rotatable bonds is 1. The van der Waals surface area contributed by atoms with Gasteiger partial charge in [0.25, 0.3) is 5.91 Å². The predicted octanol–water partition coefficient (Wildman–Crippen LogP) is 1.05. The van der Waals surface area contributed by atoms with Crippen LogP contribution in [-0.4, -0.2) is 30.1 Å². The van der Waals surface area contributed by atoms with Gasteiger partial charge in [-0.1, -0.05) is 11.6 Å². The van der Waals surface area contributed by atoms with Crippen molar-refractivity contribution in [3.63, 3.8) is 0 Å². The molecule has 1 aliphatic carbocycles. The van der Waals surface area contributed by atoms with E-state index in [1.165, 1.54) is 0 Å². The lowest BCUT2D eigenvalue weighted by Gasteiger charge is -2.28. The van der Waals surface area contributed by atoms with Crippen molar-refractivity contribution in [3.05, 3.63) is 35.1 Å². The highest BCUT2D eigenvalue weighted by Crippen LogP contribution is 2.29. The molecular formula is C15H16N2O4. The third kappa shape index (κ3) is 2.99. The number of carbonyl (C=O) groups is 3. The molecule has 0 aromatic rings. The topological polar surface area (TPSA) is 84.8 Å². The van der Waals surface area contributed by atoms with Gasteiger partial charge >= 0.3 is 11.9 Å². The van der Waals surface area contributed by atoms with Gasteiger partial charge in [0.15, 0.2) is 0 Å². The second kappa shape index (κ2) is 5.87. The van der Waals surface area contributed by atoms with Crippen molar-refractivity contribution in [3.8, 4) is 0 Å². The van der Waals surface area contributed by atoms with E-state index in [1.54, 1.807) is 26.0 Å². The van der Waals surface area contributed by atoms with E-state index < -0.39 is 11.9 Å². The number of hydrogen-bond donors (Lipinski definition) is 1. The number of amides is 2. The number of nitrogens with zero attached hydrogens (tertiary/aromatic N) is 1. The van der Waals surface area contributed by atoms with Gasteiger partial charge in [-0.25, -0.2) is 9.79 Å². The highest BCUT2D eigenvalue weighted by molar-refractivity contribution is 6.36. The van der Waals surface area contributed by atoms with Crippen LogP contribution < -0.4 is 5.32 Å². The summed E-state index contributed by atoms with van der Waals surface area (Å²) >= 11 is 0. The molecule has 0 saturated carbocycles. The third-order valence-corrected chi connectivity index (χ3v) is 3.44. The van der Waals surface area contributed by atoms with E-state index in [1.807, 2.05) is 13.0 Å². The van der Waals surface area contributed by atoms with Gasteiger partial charge < -0.3 is 10.1 Å². The van der Waals surface area contributed by atoms with Crippen LogP contribution in [0.25, 0.3) is 0 Å². The summed E-state index contributed by atoms with van der Waals surface area (Å²) in [5.41, 5.74) is 2.61. The van der Waals surface area contributed by atoms with Gasteiger partial charge in [0, 0.05) is 17.2 Å². The first-order chi connectivity index (χ1) is 9.93. The summed E-state index contributed by atoms with van der Waals surface area (Å²) in [6, 6.07) is 0. The van der Waals surface area contributed by atoms with E-state index in [0.717, 1.165) is 5.57 Å². The average Bonchev–Trinajstić information content (AvgIpc) is 2.45. The normalized spacial score (nSPS) is 22.6. The number of carbonyl (C=O) groups excluding carboxylic acids is 3. The fourth-order valence-electron chi connectivity index (χ4n) is 2.15. The third-order valence-electron chi connectivity index (χ3n) is 3.44. The van der Waals surface area contributed by atoms with E-state index in [0.29, 0.717) is 17.0 Å². The zero-order chi connectivity index (χ0) is 15.6. The van der Waals surface area contributed by atoms with Gasteiger partial charge in [0.1, 0.15) is 0 Å². The minimum atomic E-state index is -0.987. The summed E-state index contributed by atoms with van der Waals surface area (Å²) in [6.07, 6.45) is 5.08. The molecular weight excluding hydrogens is 272 g/mol. The summed E-state index contributed by atoms with van der Waals surface area (Å²) in [6.45, 7) is 5.39. The van der Waals surface area contributed by atoms with E-state index >= 15 is 0 Å². The zero-order valence-electron chi connectivity index (χ0n) is 12.1. The molecule has 6 heteroatoms.